The van der Waals surface area contributed by atoms with Gasteiger partial charge in [-0.15, -0.1) is 0 Å². The summed E-state index contributed by atoms with van der Waals surface area (Å²) in [6.45, 7) is 1.14. The maximum atomic E-state index is 12.3. The van der Waals surface area contributed by atoms with E-state index in [2.05, 4.69) is 5.32 Å². The lowest BCUT2D eigenvalue weighted by molar-refractivity contribution is -0.136. The van der Waals surface area contributed by atoms with Crippen molar-refractivity contribution in [1.82, 2.24) is 5.32 Å². The second-order valence-electron chi connectivity index (χ2n) is 5.57. The summed E-state index contributed by atoms with van der Waals surface area (Å²) in [5, 5.41) is 21.9. The molecule has 1 aromatic carbocycles. The van der Waals surface area contributed by atoms with Gasteiger partial charge in [-0.1, -0.05) is 18.2 Å². The Hall–Kier alpha value is -1.92. The molecule has 0 spiro atoms. The number of hydrogen-bond donors (Lipinski definition) is 3. The fourth-order valence-electron chi connectivity index (χ4n) is 2.47. The number of aryl methyl sites for hydroxylation is 1. The summed E-state index contributed by atoms with van der Waals surface area (Å²) in [6, 6.07) is 6.93. The lowest BCUT2D eigenvalue weighted by Crippen LogP contribution is -2.46. The van der Waals surface area contributed by atoms with Crippen LogP contribution in [0.2, 0.25) is 0 Å². The zero-order valence-corrected chi connectivity index (χ0v) is 12.4. The van der Waals surface area contributed by atoms with Gasteiger partial charge in [-0.05, 0) is 18.1 Å². The number of hydrogen-bond acceptors (Lipinski definition) is 4. The summed E-state index contributed by atoms with van der Waals surface area (Å²) in [5.74, 6) is -1.19. The molecule has 120 valence electrons. The van der Waals surface area contributed by atoms with Crippen molar-refractivity contribution in [2.75, 3.05) is 19.8 Å². The topological polar surface area (TPSA) is 95.9 Å². The van der Waals surface area contributed by atoms with E-state index in [9.17, 15) is 14.7 Å². The molecule has 6 nitrogen and oxygen atoms in total. The molecule has 1 fully saturated rings. The lowest BCUT2D eigenvalue weighted by Gasteiger charge is -2.32. The van der Waals surface area contributed by atoms with Crippen LogP contribution in [0.25, 0.3) is 0 Å². The summed E-state index contributed by atoms with van der Waals surface area (Å²) in [4.78, 5) is 23.0. The molecule has 0 bridgehead atoms. The third-order valence-electron chi connectivity index (χ3n) is 3.87. The minimum Gasteiger partial charge on any atom is -0.481 e. The van der Waals surface area contributed by atoms with Gasteiger partial charge in [-0.3, -0.25) is 9.59 Å². The molecule has 0 aliphatic carbocycles. The minimum atomic E-state index is -0.927. The monoisotopic (exact) mass is 307 g/mol. The summed E-state index contributed by atoms with van der Waals surface area (Å²) < 4.78 is 5.20. The molecular formula is C16H21NO5. The van der Waals surface area contributed by atoms with E-state index in [0.29, 0.717) is 43.6 Å². The van der Waals surface area contributed by atoms with E-state index in [-0.39, 0.29) is 18.9 Å². The Morgan fingerprint density at radius 3 is 2.59 bits per heavy atom. The Kier molecular flexibility index (Phi) is 5.51. The summed E-state index contributed by atoms with van der Waals surface area (Å²) in [6.07, 6.45) is 1.27. The number of aliphatic carboxylic acids is 1. The van der Waals surface area contributed by atoms with Crippen LogP contribution in [-0.4, -0.2) is 47.4 Å². The maximum Gasteiger partial charge on any atom is 0.303 e. The first-order valence-corrected chi connectivity index (χ1v) is 7.38. The highest BCUT2D eigenvalue weighted by atomic mass is 16.5. The van der Waals surface area contributed by atoms with Crippen molar-refractivity contribution < 1.29 is 24.5 Å². The quantitative estimate of drug-likeness (QED) is 0.728. The fraction of sp³-hybridized carbons (Fsp3) is 0.500. The van der Waals surface area contributed by atoms with Crippen molar-refractivity contribution in [3.63, 3.8) is 0 Å². The largest absolute Gasteiger partial charge is 0.481 e. The van der Waals surface area contributed by atoms with E-state index < -0.39 is 11.6 Å². The molecular weight excluding hydrogens is 286 g/mol. The standard InChI is InChI=1S/C16H21NO5/c18-14(19)6-5-12-3-1-2-4-13(12)15(20)17-11-16(21)7-9-22-10-8-16/h1-4,21H,5-11H2,(H,17,20)(H,18,19). The van der Waals surface area contributed by atoms with E-state index in [1.54, 1.807) is 24.3 Å². The van der Waals surface area contributed by atoms with Crippen LogP contribution in [-0.2, 0) is 16.0 Å². The van der Waals surface area contributed by atoms with E-state index >= 15 is 0 Å². The predicted octanol–water partition coefficient (Wildman–Crippen LogP) is 0.975. The van der Waals surface area contributed by atoms with Crippen LogP contribution in [0.1, 0.15) is 35.2 Å². The highest BCUT2D eigenvalue weighted by Crippen LogP contribution is 2.19. The molecule has 6 heteroatoms. The van der Waals surface area contributed by atoms with E-state index in [4.69, 9.17) is 9.84 Å². The van der Waals surface area contributed by atoms with Gasteiger partial charge < -0.3 is 20.3 Å². The Morgan fingerprint density at radius 2 is 1.91 bits per heavy atom. The molecule has 0 aromatic heterocycles. The van der Waals surface area contributed by atoms with Gasteiger partial charge in [0.15, 0.2) is 0 Å². The zero-order chi connectivity index (χ0) is 16.0. The van der Waals surface area contributed by atoms with Gasteiger partial charge in [0.05, 0.1) is 5.60 Å². The number of amides is 1. The number of aliphatic hydroxyl groups is 1. The van der Waals surface area contributed by atoms with Gasteiger partial charge >= 0.3 is 5.97 Å². The number of benzene rings is 1. The molecule has 0 atom stereocenters. The molecule has 1 aliphatic rings. The number of nitrogens with one attached hydrogen (secondary N) is 1. The third kappa shape index (κ3) is 4.54. The maximum absolute atomic E-state index is 12.3. The molecule has 22 heavy (non-hydrogen) atoms. The average Bonchev–Trinajstić information content (AvgIpc) is 2.52. The molecule has 1 amide bonds. The number of carbonyl (C=O) groups excluding carboxylic acids is 1. The summed E-state index contributed by atoms with van der Waals surface area (Å²) >= 11 is 0. The highest BCUT2D eigenvalue weighted by molar-refractivity contribution is 5.95. The van der Waals surface area contributed by atoms with Gasteiger partial charge in [-0.25, -0.2) is 0 Å². The molecule has 0 radical (unpaired) electrons. The molecule has 1 saturated heterocycles. The van der Waals surface area contributed by atoms with Crippen LogP contribution in [0.5, 0.6) is 0 Å². The second-order valence-corrected chi connectivity index (χ2v) is 5.57. The Bertz CT molecular complexity index is 537. The van der Waals surface area contributed by atoms with E-state index in [0.717, 1.165) is 0 Å². The normalized spacial score (nSPS) is 17.0. The minimum absolute atomic E-state index is 0.0223. The first kappa shape index (κ1) is 16.5. The lowest BCUT2D eigenvalue weighted by atomic mass is 9.94. The molecule has 1 heterocycles. The number of rotatable bonds is 6. The average molecular weight is 307 g/mol. The van der Waals surface area contributed by atoms with Crippen LogP contribution in [0, 0.1) is 0 Å². The predicted molar refractivity (Wildman–Crippen MR) is 79.7 cm³/mol. The van der Waals surface area contributed by atoms with E-state index in [1.807, 2.05) is 0 Å². The first-order chi connectivity index (χ1) is 10.5. The van der Waals surface area contributed by atoms with Gasteiger partial charge in [-0.2, -0.15) is 0 Å². The molecule has 2 rings (SSSR count). The van der Waals surface area contributed by atoms with Crippen molar-refractivity contribution in [2.45, 2.75) is 31.3 Å². The number of carboxylic acid groups (broad SMARTS) is 1. The summed E-state index contributed by atoms with van der Waals surface area (Å²) in [7, 11) is 0. The van der Waals surface area contributed by atoms with Crippen LogP contribution in [0.3, 0.4) is 0 Å². The van der Waals surface area contributed by atoms with Crippen molar-refractivity contribution >= 4 is 11.9 Å². The van der Waals surface area contributed by atoms with Crippen molar-refractivity contribution in [2.24, 2.45) is 0 Å². The number of ether oxygens (including phenoxy) is 1. The first-order valence-electron chi connectivity index (χ1n) is 7.38. The molecule has 0 saturated carbocycles. The van der Waals surface area contributed by atoms with Crippen molar-refractivity contribution in [1.29, 1.82) is 0 Å². The van der Waals surface area contributed by atoms with Gasteiger partial charge in [0.2, 0.25) is 0 Å². The van der Waals surface area contributed by atoms with E-state index in [1.165, 1.54) is 0 Å². The molecule has 1 aromatic rings. The Balaban J connectivity index is 1.98. The Labute approximate surface area is 129 Å². The van der Waals surface area contributed by atoms with Crippen LogP contribution < -0.4 is 5.32 Å². The number of carboxylic acids is 1. The van der Waals surface area contributed by atoms with Crippen molar-refractivity contribution in [3.8, 4) is 0 Å². The zero-order valence-electron chi connectivity index (χ0n) is 12.4. The van der Waals surface area contributed by atoms with Crippen LogP contribution in [0.15, 0.2) is 24.3 Å². The highest BCUT2D eigenvalue weighted by Gasteiger charge is 2.30. The van der Waals surface area contributed by atoms with Gasteiger partial charge in [0.1, 0.15) is 0 Å². The third-order valence-corrected chi connectivity index (χ3v) is 3.87. The smallest absolute Gasteiger partial charge is 0.303 e. The summed E-state index contributed by atoms with van der Waals surface area (Å²) in [5.41, 5.74) is 0.227. The molecule has 3 N–H and O–H groups in total. The SMILES string of the molecule is O=C(O)CCc1ccccc1C(=O)NCC1(O)CCOCC1. The second kappa shape index (κ2) is 7.38. The molecule has 0 unspecified atom stereocenters. The van der Waals surface area contributed by atoms with Gasteiger partial charge in [0, 0.05) is 44.6 Å². The van der Waals surface area contributed by atoms with Crippen molar-refractivity contribution in [3.05, 3.63) is 35.4 Å². The molecule has 1 aliphatic heterocycles. The van der Waals surface area contributed by atoms with Gasteiger partial charge in [0.25, 0.3) is 5.91 Å². The van der Waals surface area contributed by atoms with Crippen LogP contribution >= 0.6 is 0 Å². The number of carbonyl (C=O) groups is 2. The van der Waals surface area contributed by atoms with Crippen LogP contribution in [0.4, 0.5) is 0 Å². The fourth-order valence-corrected chi connectivity index (χ4v) is 2.47. The Morgan fingerprint density at radius 1 is 1.23 bits per heavy atom.